The van der Waals surface area contributed by atoms with Crippen molar-refractivity contribution in [2.45, 2.75) is 12.0 Å². The van der Waals surface area contributed by atoms with Gasteiger partial charge in [0.15, 0.2) is 17.5 Å². The lowest BCUT2D eigenvalue weighted by atomic mass is 9.91. The molecule has 0 amide bonds. The number of para-hydroxylation sites is 5. The molecule has 1 aliphatic heterocycles. The Morgan fingerprint density at radius 2 is 0.746 bits per heavy atom. The number of anilines is 2. The largest absolute Gasteiger partial charge is 0.330 e. The van der Waals surface area contributed by atoms with Crippen molar-refractivity contribution in [2.24, 2.45) is 0 Å². The number of aromatic nitrogens is 5. The molecule has 1 aliphatic carbocycles. The molecule has 296 valence electrons. The molecule has 0 fully saturated rings. The zero-order valence-corrected chi connectivity index (χ0v) is 34.1. The number of rotatable bonds is 6. The molecular formula is C57H38N6. The summed E-state index contributed by atoms with van der Waals surface area (Å²) in [6.07, 6.45) is 9.13. The molecule has 0 radical (unpaired) electrons. The zero-order chi connectivity index (χ0) is 41.4. The van der Waals surface area contributed by atoms with Crippen LogP contribution in [-0.4, -0.2) is 30.1 Å². The van der Waals surface area contributed by atoms with Crippen molar-refractivity contribution in [2.75, 3.05) is 4.90 Å². The molecule has 13 rings (SSSR count). The van der Waals surface area contributed by atoms with Crippen molar-refractivity contribution >= 4 is 55.0 Å². The van der Waals surface area contributed by atoms with Crippen molar-refractivity contribution in [3.8, 4) is 45.5 Å². The standard InChI is InChI=1S/C57H38N6/c1-3-19-37(20-4-1)55-58-56(38-21-5-2-6-22-38)60-57(59-55)39-35-52(61-46-29-13-7-23-40(46)41-24-8-14-30-47(41)61)54(63-50-33-17-11-27-44(50)45-28-12-18-34-51(45)63)53(36-39)62-48-31-15-9-25-42(48)43-26-10-16-32-49(43)62/h1-36,44,50H. The Kier molecular flexibility index (Phi) is 7.93. The fourth-order valence-corrected chi connectivity index (χ4v) is 10.2. The summed E-state index contributed by atoms with van der Waals surface area (Å²) >= 11 is 0. The van der Waals surface area contributed by atoms with Crippen LogP contribution in [0.1, 0.15) is 11.5 Å². The number of fused-ring (bicyclic) bond motifs is 9. The Morgan fingerprint density at radius 3 is 1.24 bits per heavy atom. The van der Waals surface area contributed by atoms with E-state index in [9.17, 15) is 0 Å². The molecule has 0 spiro atoms. The molecule has 0 saturated carbocycles. The molecule has 6 heteroatoms. The summed E-state index contributed by atoms with van der Waals surface area (Å²) in [6.45, 7) is 0. The van der Waals surface area contributed by atoms with Crippen molar-refractivity contribution in [3.05, 3.63) is 224 Å². The maximum absolute atomic E-state index is 5.35. The summed E-state index contributed by atoms with van der Waals surface area (Å²) in [5, 5.41) is 4.78. The Bertz CT molecular complexity index is 3350. The highest BCUT2D eigenvalue weighted by Gasteiger charge is 2.40. The smallest absolute Gasteiger partial charge is 0.164 e. The van der Waals surface area contributed by atoms with Crippen LogP contribution in [0.5, 0.6) is 0 Å². The normalized spacial score (nSPS) is 15.5. The van der Waals surface area contributed by atoms with Crippen LogP contribution in [0, 0.1) is 0 Å². The number of allylic oxidation sites excluding steroid dienone is 2. The lowest BCUT2D eigenvalue weighted by molar-refractivity contribution is 0.742. The van der Waals surface area contributed by atoms with Crippen LogP contribution < -0.4 is 4.90 Å². The van der Waals surface area contributed by atoms with Gasteiger partial charge in [-0.2, -0.15) is 0 Å². The third kappa shape index (κ3) is 5.48. The zero-order valence-electron chi connectivity index (χ0n) is 34.1. The summed E-state index contributed by atoms with van der Waals surface area (Å²) in [4.78, 5) is 18.4. The molecule has 8 aromatic carbocycles. The van der Waals surface area contributed by atoms with Gasteiger partial charge in [-0.25, -0.2) is 15.0 Å². The highest BCUT2D eigenvalue weighted by molar-refractivity contribution is 6.12. The van der Waals surface area contributed by atoms with Crippen molar-refractivity contribution < 1.29 is 0 Å². The number of hydrogen-bond donors (Lipinski definition) is 0. The van der Waals surface area contributed by atoms with E-state index < -0.39 is 0 Å². The summed E-state index contributed by atoms with van der Waals surface area (Å²) < 4.78 is 4.94. The maximum atomic E-state index is 5.35. The fourth-order valence-electron chi connectivity index (χ4n) is 10.2. The van der Waals surface area contributed by atoms with Crippen LogP contribution in [0.15, 0.2) is 218 Å². The van der Waals surface area contributed by atoms with E-state index in [1.165, 1.54) is 32.8 Å². The third-order valence-corrected chi connectivity index (χ3v) is 12.9. The number of nitrogens with zero attached hydrogens (tertiary/aromatic N) is 6. The summed E-state index contributed by atoms with van der Waals surface area (Å²) in [5.74, 6) is 2.01. The highest BCUT2D eigenvalue weighted by Crippen LogP contribution is 2.53. The number of benzene rings is 8. The van der Waals surface area contributed by atoms with Gasteiger partial charge in [-0.1, -0.05) is 176 Å². The first-order chi connectivity index (χ1) is 31.3. The molecule has 11 aromatic rings. The van der Waals surface area contributed by atoms with Crippen LogP contribution >= 0.6 is 0 Å². The predicted octanol–water partition coefficient (Wildman–Crippen LogP) is 13.8. The first-order valence-corrected chi connectivity index (χ1v) is 21.5. The Balaban J connectivity index is 1.23. The molecule has 6 nitrogen and oxygen atoms in total. The Labute approximate surface area is 364 Å². The van der Waals surface area contributed by atoms with E-state index >= 15 is 0 Å². The quantitative estimate of drug-likeness (QED) is 0.168. The van der Waals surface area contributed by atoms with E-state index in [4.69, 9.17) is 15.0 Å². The molecular weight excluding hydrogens is 769 g/mol. The first-order valence-electron chi connectivity index (χ1n) is 21.5. The molecule has 4 heterocycles. The SMILES string of the molecule is C1=CC2c3ccccc3N(c3c(-n4c5ccccc5c5ccccc54)cc(-c4nc(-c5ccccc5)nc(-c5ccccc5)n4)cc3-n3c4ccccc4c4ccccc43)C2C=C1. The first kappa shape index (κ1) is 35.4. The minimum absolute atomic E-state index is 0.0310. The van der Waals surface area contributed by atoms with Gasteiger partial charge in [0, 0.05) is 49.8 Å². The summed E-state index contributed by atoms with van der Waals surface area (Å²) in [6, 6.07) is 69.2. The van der Waals surface area contributed by atoms with Gasteiger partial charge in [0.2, 0.25) is 0 Å². The molecule has 2 atom stereocenters. The molecule has 0 N–H and O–H groups in total. The maximum Gasteiger partial charge on any atom is 0.164 e. The monoisotopic (exact) mass is 806 g/mol. The Hall–Kier alpha value is -8.35. The second-order valence-electron chi connectivity index (χ2n) is 16.4. The van der Waals surface area contributed by atoms with Crippen molar-refractivity contribution in [3.63, 3.8) is 0 Å². The molecule has 2 unspecified atom stereocenters. The molecule has 0 saturated heterocycles. The third-order valence-electron chi connectivity index (χ3n) is 12.9. The van der Waals surface area contributed by atoms with Gasteiger partial charge in [0.25, 0.3) is 0 Å². The minimum Gasteiger partial charge on any atom is -0.330 e. The number of hydrogen-bond acceptors (Lipinski definition) is 4. The van der Waals surface area contributed by atoms with Gasteiger partial charge in [-0.05, 0) is 48.0 Å². The average Bonchev–Trinajstić information content (AvgIpc) is 4.00. The molecule has 2 aliphatic rings. The van der Waals surface area contributed by atoms with Gasteiger partial charge in [0.1, 0.15) is 0 Å². The van der Waals surface area contributed by atoms with Crippen LogP contribution in [0.4, 0.5) is 11.4 Å². The van der Waals surface area contributed by atoms with Gasteiger partial charge in [0.05, 0.1) is 45.2 Å². The second kappa shape index (κ2) is 14.1. The van der Waals surface area contributed by atoms with Crippen LogP contribution in [-0.2, 0) is 0 Å². The lowest BCUT2D eigenvalue weighted by Gasteiger charge is -2.33. The van der Waals surface area contributed by atoms with Gasteiger partial charge in [-0.3, -0.25) is 0 Å². The van der Waals surface area contributed by atoms with Crippen molar-refractivity contribution in [1.82, 2.24) is 24.1 Å². The summed E-state index contributed by atoms with van der Waals surface area (Å²) in [5.41, 5.74) is 12.9. The van der Waals surface area contributed by atoms with E-state index in [1.54, 1.807) is 0 Å². The topological polar surface area (TPSA) is 51.8 Å². The molecule has 63 heavy (non-hydrogen) atoms. The van der Waals surface area contributed by atoms with Crippen LogP contribution in [0.25, 0.3) is 89.2 Å². The summed E-state index contributed by atoms with van der Waals surface area (Å²) in [7, 11) is 0. The fraction of sp³-hybridized carbons (Fsp3) is 0.0351. The van der Waals surface area contributed by atoms with Crippen molar-refractivity contribution in [1.29, 1.82) is 0 Å². The predicted molar refractivity (Wildman–Crippen MR) is 258 cm³/mol. The lowest BCUT2D eigenvalue weighted by Crippen LogP contribution is -2.30. The van der Waals surface area contributed by atoms with E-state index in [-0.39, 0.29) is 12.0 Å². The van der Waals surface area contributed by atoms with E-state index in [0.29, 0.717) is 17.5 Å². The highest BCUT2D eigenvalue weighted by atomic mass is 15.2. The van der Waals surface area contributed by atoms with Gasteiger partial charge >= 0.3 is 0 Å². The van der Waals surface area contributed by atoms with Crippen LogP contribution in [0.3, 0.4) is 0 Å². The van der Waals surface area contributed by atoms with Gasteiger partial charge < -0.3 is 14.0 Å². The van der Waals surface area contributed by atoms with E-state index in [0.717, 1.165) is 55.8 Å². The van der Waals surface area contributed by atoms with Crippen LogP contribution in [0.2, 0.25) is 0 Å². The average molecular weight is 807 g/mol. The molecule has 0 bridgehead atoms. The van der Waals surface area contributed by atoms with E-state index in [1.807, 2.05) is 36.4 Å². The van der Waals surface area contributed by atoms with Gasteiger partial charge in [-0.15, -0.1) is 0 Å². The molecule has 3 aromatic heterocycles. The van der Waals surface area contributed by atoms with E-state index in [2.05, 4.69) is 196 Å². The minimum atomic E-state index is 0.0310. The second-order valence-corrected chi connectivity index (χ2v) is 16.4. The Morgan fingerprint density at radius 1 is 0.349 bits per heavy atom.